The van der Waals surface area contributed by atoms with Crippen LogP contribution in [-0.4, -0.2) is 25.3 Å². The Hall–Kier alpha value is -0.870. The quantitative estimate of drug-likeness (QED) is 0.743. The van der Waals surface area contributed by atoms with Crippen LogP contribution in [0.5, 0.6) is 0 Å². The first-order valence-electron chi connectivity index (χ1n) is 9.74. The van der Waals surface area contributed by atoms with Crippen molar-refractivity contribution in [3.63, 3.8) is 0 Å². The maximum atomic E-state index is 13.1. The second-order valence-corrected chi connectivity index (χ2v) is 9.29. The van der Waals surface area contributed by atoms with Crippen LogP contribution in [0.4, 0.5) is 0 Å². The molecule has 0 amide bonds. The topological polar surface area (TPSA) is 37.4 Å². The van der Waals surface area contributed by atoms with E-state index in [1.807, 2.05) is 19.1 Å². The van der Waals surface area contributed by atoms with Gasteiger partial charge in [-0.2, -0.15) is 4.31 Å². The number of benzene rings is 1. The van der Waals surface area contributed by atoms with Gasteiger partial charge in [-0.15, -0.1) is 0 Å². The molecule has 4 heteroatoms. The van der Waals surface area contributed by atoms with Crippen LogP contribution < -0.4 is 0 Å². The first kappa shape index (κ1) is 17.9. The van der Waals surface area contributed by atoms with E-state index in [0.717, 1.165) is 25.7 Å². The molecular weight excluding hydrogens is 318 g/mol. The molecule has 0 aromatic heterocycles. The molecule has 1 aromatic rings. The summed E-state index contributed by atoms with van der Waals surface area (Å²) in [4.78, 5) is 0.467. The summed E-state index contributed by atoms with van der Waals surface area (Å²) in [5.41, 5.74) is 1.31. The Morgan fingerprint density at radius 2 is 1.42 bits per heavy atom. The van der Waals surface area contributed by atoms with Crippen LogP contribution in [0, 0.1) is 0 Å². The lowest BCUT2D eigenvalue weighted by Crippen LogP contribution is -2.41. The molecule has 0 radical (unpaired) electrons. The van der Waals surface area contributed by atoms with E-state index in [4.69, 9.17) is 0 Å². The number of sulfonamides is 1. The maximum absolute atomic E-state index is 13.1. The zero-order valence-electron chi connectivity index (χ0n) is 14.9. The Kier molecular flexibility index (Phi) is 5.98. The Labute approximate surface area is 147 Å². The molecule has 1 aromatic carbocycles. The van der Waals surface area contributed by atoms with Gasteiger partial charge in [0.25, 0.3) is 0 Å². The number of hydrogen-bond acceptors (Lipinski definition) is 2. The normalized spacial score (nSPS) is 21.2. The summed E-state index contributed by atoms with van der Waals surface area (Å²) in [6.07, 6.45) is 12.0. The molecule has 3 nitrogen and oxygen atoms in total. The number of nitrogens with zero attached hydrogens (tertiary/aromatic N) is 1. The Morgan fingerprint density at radius 1 is 0.875 bits per heavy atom. The number of hydrogen-bond donors (Lipinski definition) is 0. The minimum Gasteiger partial charge on any atom is -0.207 e. The third kappa shape index (κ3) is 3.85. The smallest absolute Gasteiger partial charge is 0.207 e. The van der Waals surface area contributed by atoms with Crippen LogP contribution in [0.25, 0.3) is 0 Å². The predicted octanol–water partition coefficient (Wildman–Crippen LogP) is 5.08. The molecule has 2 saturated carbocycles. The highest BCUT2D eigenvalue weighted by Gasteiger charge is 2.31. The molecule has 0 heterocycles. The van der Waals surface area contributed by atoms with Crippen molar-refractivity contribution < 1.29 is 8.42 Å². The second-order valence-electron chi connectivity index (χ2n) is 7.40. The summed E-state index contributed by atoms with van der Waals surface area (Å²) in [5, 5.41) is 0. The average Bonchev–Trinajstić information content (AvgIpc) is 2.64. The highest BCUT2D eigenvalue weighted by atomic mass is 32.2. The van der Waals surface area contributed by atoms with Crippen molar-refractivity contribution in [2.24, 2.45) is 0 Å². The van der Waals surface area contributed by atoms with Gasteiger partial charge in [0, 0.05) is 12.6 Å². The van der Waals surface area contributed by atoms with Crippen LogP contribution in [0.1, 0.15) is 82.6 Å². The molecule has 0 N–H and O–H groups in total. The van der Waals surface area contributed by atoms with Crippen LogP contribution >= 0.6 is 0 Å². The van der Waals surface area contributed by atoms with E-state index in [2.05, 4.69) is 12.1 Å². The van der Waals surface area contributed by atoms with E-state index < -0.39 is 10.0 Å². The van der Waals surface area contributed by atoms with Gasteiger partial charge >= 0.3 is 0 Å². The third-order valence-corrected chi connectivity index (χ3v) is 7.90. The zero-order chi connectivity index (χ0) is 17.0. The average molecular weight is 350 g/mol. The van der Waals surface area contributed by atoms with Gasteiger partial charge < -0.3 is 0 Å². The molecule has 0 atom stereocenters. The van der Waals surface area contributed by atoms with Crippen molar-refractivity contribution in [3.8, 4) is 0 Å². The molecule has 0 spiro atoms. The van der Waals surface area contributed by atoms with E-state index in [-0.39, 0.29) is 6.04 Å². The fourth-order valence-electron chi connectivity index (χ4n) is 4.48. The van der Waals surface area contributed by atoms with Crippen molar-refractivity contribution in [2.75, 3.05) is 6.54 Å². The molecule has 2 aliphatic carbocycles. The molecule has 3 rings (SSSR count). The molecule has 2 aliphatic rings. The Balaban J connectivity index is 1.77. The van der Waals surface area contributed by atoms with Gasteiger partial charge in [0.15, 0.2) is 0 Å². The summed E-state index contributed by atoms with van der Waals surface area (Å²) in [6.45, 7) is 2.53. The van der Waals surface area contributed by atoms with E-state index in [1.165, 1.54) is 44.1 Å². The molecule has 0 aliphatic heterocycles. The highest BCUT2D eigenvalue weighted by Crippen LogP contribution is 2.33. The minimum atomic E-state index is -3.36. The highest BCUT2D eigenvalue weighted by molar-refractivity contribution is 7.89. The lowest BCUT2D eigenvalue weighted by atomic mass is 9.84. The summed E-state index contributed by atoms with van der Waals surface area (Å²) in [6, 6.07) is 7.97. The molecule has 0 bridgehead atoms. The standard InChI is InChI=1S/C20H31NO2S/c1-2-21(19-11-7-4-8-12-19)24(22,23)20-15-13-18(14-16-20)17-9-5-3-6-10-17/h13-17,19H,2-12H2,1H3. The zero-order valence-corrected chi connectivity index (χ0v) is 15.7. The first-order valence-corrected chi connectivity index (χ1v) is 11.2. The van der Waals surface area contributed by atoms with Gasteiger partial charge in [0.1, 0.15) is 0 Å². The van der Waals surface area contributed by atoms with Gasteiger partial charge in [-0.3, -0.25) is 0 Å². The third-order valence-electron chi connectivity index (χ3n) is 5.86. The van der Waals surface area contributed by atoms with E-state index >= 15 is 0 Å². The molecule has 0 saturated heterocycles. The van der Waals surface area contributed by atoms with E-state index in [9.17, 15) is 8.42 Å². The molecule has 0 unspecified atom stereocenters. The lowest BCUT2D eigenvalue weighted by molar-refractivity contribution is 0.261. The van der Waals surface area contributed by atoms with Gasteiger partial charge in [-0.25, -0.2) is 8.42 Å². The molecule has 134 valence electrons. The molecular formula is C20H31NO2S. The Morgan fingerprint density at radius 3 is 1.96 bits per heavy atom. The van der Waals surface area contributed by atoms with Gasteiger partial charge in [0.05, 0.1) is 4.90 Å². The fraction of sp³-hybridized carbons (Fsp3) is 0.700. The molecule has 24 heavy (non-hydrogen) atoms. The van der Waals surface area contributed by atoms with Crippen LogP contribution in [0.3, 0.4) is 0 Å². The monoisotopic (exact) mass is 349 g/mol. The van der Waals surface area contributed by atoms with Crippen LogP contribution in [0.15, 0.2) is 29.2 Å². The van der Waals surface area contributed by atoms with Crippen molar-refractivity contribution >= 4 is 10.0 Å². The Bertz CT molecular complexity index is 612. The molecule has 2 fully saturated rings. The maximum Gasteiger partial charge on any atom is 0.243 e. The predicted molar refractivity (Wildman–Crippen MR) is 98.7 cm³/mol. The first-order chi connectivity index (χ1) is 11.6. The summed E-state index contributed by atoms with van der Waals surface area (Å²) in [7, 11) is -3.36. The largest absolute Gasteiger partial charge is 0.243 e. The van der Waals surface area contributed by atoms with Crippen molar-refractivity contribution in [3.05, 3.63) is 29.8 Å². The fourth-order valence-corrected chi connectivity index (χ4v) is 6.17. The van der Waals surface area contributed by atoms with Gasteiger partial charge in [0.2, 0.25) is 10.0 Å². The minimum absolute atomic E-state index is 0.187. The van der Waals surface area contributed by atoms with E-state index in [0.29, 0.717) is 17.4 Å². The van der Waals surface area contributed by atoms with Crippen molar-refractivity contribution in [1.82, 2.24) is 4.31 Å². The van der Waals surface area contributed by atoms with Gasteiger partial charge in [-0.1, -0.05) is 57.6 Å². The van der Waals surface area contributed by atoms with Crippen molar-refractivity contribution in [2.45, 2.75) is 88.0 Å². The summed E-state index contributed by atoms with van der Waals surface area (Å²) >= 11 is 0. The number of rotatable bonds is 5. The lowest BCUT2D eigenvalue weighted by Gasteiger charge is -2.32. The second kappa shape index (κ2) is 8.01. The van der Waals surface area contributed by atoms with E-state index in [1.54, 1.807) is 4.31 Å². The summed E-state index contributed by atoms with van der Waals surface area (Å²) < 4.78 is 27.9. The van der Waals surface area contributed by atoms with Gasteiger partial charge in [-0.05, 0) is 49.3 Å². The summed E-state index contributed by atoms with van der Waals surface area (Å²) in [5.74, 6) is 0.621. The van der Waals surface area contributed by atoms with Crippen molar-refractivity contribution in [1.29, 1.82) is 0 Å². The SMILES string of the molecule is CCN(C1CCCCC1)S(=O)(=O)c1ccc(C2CCCCC2)cc1. The van der Waals surface area contributed by atoms with Crippen LogP contribution in [0.2, 0.25) is 0 Å². The van der Waals surface area contributed by atoms with Crippen LogP contribution in [-0.2, 0) is 10.0 Å².